The molecule has 0 bridgehead atoms. The highest BCUT2D eigenvalue weighted by atomic mass is 16.5. The summed E-state index contributed by atoms with van der Waals surface area (Å²) in [4.78, 5) is 29.1. The van der Waals surface area contributed by atoms with Gasteiger partial charge in [0.2, 0.25) is 0 Å². The molecule has 0 aliphatic carbocycles. The van der Waals surface area contributed by atoms with Gasteiger partial charge in [-0.25, -0.2) is 0 Å². The molecule has 1 aliphatic rings. The quantitative estimate of drug-likeness (QED) is 0.284. The van der Waals surface area contributed by atoms with Crippen molar-refractivity contribution < 1.29 is 14.3 Å². The summed E-state index contributed by atoms with van der Waals surface area (Å²) in [5.41, 5.74) is 5.61. The average Bonchev–Trinajstić information content (AvgIpc) is 3.36. The number of amides is 2. The van der Waals surface area contributed by atoms with Crippen LogP contribution in [-0.4, -0.2) is 35.1 Å². The summed E-state index contributed by atoms with van der Waals surface area (Å²) in [6.45, 7) is 2.18. The molecule has 0 atom stereocenters. The normalized spacial score (nSPS) is 13.3. The van der Waals surface area contributed by atoms with Crippen LogP contribution in [0.1, 0.15) is 51.6 Å². The number of hydrazone groups is 1. The third-order valence-electron chi connectivity index (χ3n) is 6.18. The Morgan fingerprint density at radius 1 is 0.971 bits per heavy atom. The number of nitrogens with zero attached hydrogens (tertiary/aromatic N) is 2. The number of hydrogen-bond donors (Lipinski definition) is 1. The fourth-order valence-electron chi connectivity index (χ4n) is 4.31. The number of aromatic amines is 1. The van der Waals surface area contributed by atoms with Gasteiger partial charge in [0.15, 0.2) is 0 Å². The van der Waals surface area contributed by atoms with Gasteiger partial charge in [-0.05, 0) is 72.5 Å². The second kappa shape index (κ2) is 8.98. The minimum atomic E-state index is -0.411. The van der Waals surface area contributed by atoms with E-state index in [-0.39, 0.29) is 0 Å². The molecule has 0 radical (unpaired) electrons. The average molecular weight is 452 g/mol. The van der Waals surface area contributed by atoms with Crippen molar-refractivity contribution in [2.75, 3.05) is 7.11 Å². The van der Waals surface area contributed by atoms with Crippen LogP contribution in [0.5, 0.6) is 5.75 Å². The number of benzene rings is 3. The molecule has 1 N–H and O–H groups in total. The lowest BCUT2D eigenvalue weighted by molar-refractivity contribution is 0.0660. The fraction of sp³-hybridized carbons (Fsp3) is 0.179. The van der Waals surface area contributed by atoms with Crippen molar-refractivity contribution in [3.63, 3.8) is 0 Å². The first kappa shape index (κ1) is 21.6. The number of unbranched alkanes of at least 4 members (excludes halogenated alkanes) is 1. The molecule has 2 amide bonds. The highest BCUT2D eigenvalue weighted by Gasteiger charge is 2.35. The molecule has 0 spiro atoms. The molecule has 4 aromatic rings. The number of nitrogens with one attached hydrogen (secondary N) is 1. The van der Waals surface area contributed by atoms with Crippen molar-refractivity contribution in [2.45, 2.75) is 26.2 Å². The van der Waals surface area contributed by atoms with Crippen LogP contribution < -0.4 is 4.74 Å². The standard InChI is InChI=1S/C28H25N3O3/c1-3-4-7-18-10-15-25-23(16-18)24(26(30-25)19-11-13-20(34-2)14-12-19)17-29-31-27(32)21-8-5-6-9-22(21)28(31)33/h5-6,8-17,30H,3-4,7H2,1-2H3. The lowest BCUT2D eigenvalue weighted by Gasteiger charge is -2.07. The molecule has 0 unspecified atom stereocenters. The van der Waals surface area contributed by atoms with Crippen LogP contribution in [0.25, 0.3) is 22.2 Å². The highest BCUT2D eigenvalue weighted by Crippen LogP contribution is 2.32. The number of fused-ring (bicyclic) bond motifs is 2. The van der Waals surface area contributed by atoms with Gasteiger partial charge in [0.25, 0.3) is 11.8 Å². The van der Waals surface area contributed by atoms with Crippen molar-refractivity contribution in [3.8, 4) is 17.0 Å². The van der Waals surface area contributed by atoms with Crippen LogP contribution in [-0.2, 0) is 6.42 Å². The lowest BCUT2D eigenvalue weighted by Crippen LogP contribution is -2.24. The predicted molar refractivity (Wildman–Crippen MR) is 133 cm³/mol. The molecule has 5 rings (SSSR count). The molecule has 6 nitrogen and oxygen atoms in total. The largest absolute Gasteiger partial charge is 0.497 e. The second-order valence-electron chi connectivity index (χ2n) is 8.34. The van der Waals surface area contributed by atoms with Gasteiger partial charge in [-0.1, -0.05) is 31.5 Å². The van der Waals surface area contributed by atoms with Crippen LogP contribution in [0.3, 0.4) is 0 Å². The first-order valence-corrected chi connectivity index (χ1v) is 11.4. The molecule has 3 aromatic carbocycles. The van der Waals surface area contributed by atoms with E-state index in [1.54, 1.807) is 37.6 Å². The Kier molecular flexibility index (Phi) is 5.72. The number of carbonyl (C=O) groups excluding carboxylic acids is 2. The fourth-order valence-corrected chi connectivity index (χ4v) is 4.31. The smallest absolute Gasteiger partial charge is 0.282 e. The van der Waals surface area contributed by atoms with E-state index < -0.39 is 11.8 Å². The van der Waals surface area contributed by atoms with Crippen molar-refractivity contribution in [1.82, 2.24) is 9.99 Å². The number of hydrogen-bond acceptors (Lipinski definition) is 4. The minimum Gasteiger partial charge on any atom is -0.497 e. The third-order valence-corrected chi connectivity index (χ3v) is 6.18. The molecule has 2 heterocycles. The number of carbonyl (C=O) groups is 2. The van der Waals surface area contributed by atoms with Gasteiger partial charge >= 0.3 is 0 Å². The summed E-state index contributed by atoms with van der Waals surface area (Å²) in [5.74, 6) is -0.0550. The maximum absolute atomic E-state index is 12.8. The first-order chi connectivity index (χ1) is 16.6. The van der Waals surface area contributed by atoms with E-state index in [1.807, 2.05) is 24.3 Å². The lowest BCUT2D eigenvalue weighted by atomic mass is 10.0. The maximum Gasteiger partial charge on any atom is 0.282 e. The zero-order valence-corrected chi connectivity index (χ0v) is 19.2. The molecule has 34 heavy (non-hydrogen) atoms. The Bertz CT molecular complexity index is 1380. The first-order valence-electron chi connectivity index (χ1n) is 11.4. The van der Waals surface area contributed by atoms with Gasteiger partial charge in [0.05, 0.1) is 30.1 Å². The van der Waals surface area contributed by atoms with Crippen LogP contribution in [0.2, 0.25) is 0 Å². The molecule has 0 saturated carbocycles. The monoisotopic (exact) mass is 451 g/mol. The van der Waals surface area contributed by atoms with Gasteiger partial charge in [-0.15, -0.1) is 0 Å². The molecule has 0 saturated heterocycles. The Labute approximate surface area is 197 Å². The Morgan fingerprint density at radius 2 is 1.68 bits per heavy atom. The van der Waals surface area contributed by atoms with E-state index in [0.717, 1.165) is 57.7 Å². The summed E-state index contributed by atoms with van der Waals surface area (Å²) in [6, 6.07) is 20.9. The van der Waals surface area contributed by atoms with Gasteiger partial charge in [0, 0.05) is 16.5 Å². The SMILES string of the molecule is CCCCc1ccc2[nH]c(-c3ccc(OC)cc3)c(C=NN3C(=O)c4ccccc4C3=O)c2c1. The molecular formula is C28H25N3O3. The summed E-state index contributed by atoms with van der Waals surface area (Å²) < 4.78 is 5.30. The topological polar surface area (TPSA) is 74.8 Å². The summed E-state index contributed by atoms with van der Waals surface area (Å²) in [6.07, 6.45) is 4.84. The zero-order valence-electron chi connectivity index (χ0n) is 19.2. The minimum absolute atomic E-state index is 0.376. The number of ether oxygens (including phenoxy) is 1. The molecule has 6 heteroatoms. The van der Waals surface area contributed by atoms with E-state index in [2.05, 4.69) is 35.2 Å². The van der Waals surface area contributed by atoms with E-state index in [4.69, 9.17) is 4.74 Å². The summed E-state index contributed by atoms with van der Waals surface area (Å²) >= 11 is 0. The van der Waals surface area contributed by atoms with Gasteiger partial charge in [-0.3, -0.25) is 9.59 Å². The number of H-pyrrole nitrogens is 1. The number of aryl methyl sites for hydroxylation is 1. The molecule has 170 valence electrons. The van der Waals surface area contributed by atoms with Crippen LogP contribution in [0, 0.1) is 0 Å². The summed E-state index contributed by atoms with van der Waals surface area (Å²) in [7, 11) is 1.63. The second-order valence-corrected chi connectivity index (χ2v) is 8.34. The number of methoxy groups -OCH3 is 1. The number of rotatable bonds is 7. The molecule has 1 aliphatic heterocycles. The maximum atomic E-state index is 12.8. The van der Waals surface area contributed by atoms with E-state index in [1.165, 1.54) is 5.56 Å². The van der Waals surface area contributed by atoms with E-state index >= 15 is 0 Å². The van der Waals surface area contributed by atoms with Crippen molar-refractivity contribution in [1.29, 1.82) is 0 Å². The summed E-state index contributed by atoms with van der Waals surface area (Å²) in [5, 5.41) is 6.32. The van der Waals surface area contributed by atoms with Crippen molar-refractivity contribution >= 4 is 28.9 Å². The highest BCUT2D eigenvalue weighted by molar-refractivity contribution is 6.21. The predicted octanol–water partition coefficient (Wildman–Crippen LogP) is 5.82. The zero-order chi connectivity index (χ0) is 23.7. The van der Waals surface area contributed by atoms with Crippen LogP contribution in [0.15, 0.2) is 71.8 Å². The van der Waals surface area contributed by atoms with Crippen LogP contribution in [0.4, 0.5) is 0 Å². The van der Waals surface area contributed by atoms with E-state index in [9.17, 15) is 9.59 Å². The molecule has 0 fully saturated rings. The number of imide groups is 1. The van der Waals surface area contributed by atoms with Gasteiger partial charge < -0.3 is 9.72 Å². The van der Waals surface area contributed by atoms with Crippen molar-refractivity contribution in [2.24, 2.45) is 5.10 Å². The van der Waals surface area contributed by atoms with Gasteiger partial charge in [0.1, 0.15) is 5.75 Å². The molecule has 1 aromatic heterocycles. The third kappa shape index (κ3) is 3.77. The number of aromatic nitrogens is 1. The van der Waals surface area contributed by atoms with E-state index in [0.29, 0.717) is 11.1 Å². The Balaban J connectivity index is 1.60. The van der Waals surface area contributed by atoms with Gasteiger partial charge in [-0.2, -0.15) is 10.1 Å². The van der Waals surface area contributed by atoms with Crippen molar-refractivity contribution in [3.05, 3.63) is 89.0 Å². The Morgan fingerprint density at radius 3 is 2.32 bits per heavy atom. The van der Waals surface area contributed by atoms with Crippen LogP contribution >= 0.6 is 0 Å². The molecular weight excluding hydrogens is 426 g/mol. The Hall–Kier alpha value is -4.19.